The molecular formula is C20H30N2O6. The monoisotopic (exact) mass is 394 g/mol. The summed E-state index contributed by atoms with van der Waals surface area (Å²) in [5.41, 5.74) is -0.730. The Hall–Kier alpha value is -1.90. The van der Waals surface area contributed by atoms with E-state index in [1.54, 1.807) is 6.92 Å². The molecule has 0 bridgehead atoms. The highest BCUT2D eigenvalue weighted by Crippen LogP contribution is 2.45. The topological polar surface area (TPSA) is 99.5 Å². The average molecular weight is 394 g/mol. The number of amides is 1. The van der Waals surface area contributed by atoms with Crippen molar-refractivity contribution in [1.29, 1.82) is 0 Å². The lowest BCUT2D eigenvalue weighted by Crippen LogP contribution is -2.61. The fourth-order valence-corrected chi connectivity index (χ4v) is 4.58. The van der Waals surface area contributed by atoms with Gasteiger partial charge in [0.1, 0.15) is 17.4 Å². The third kappa shape index (κ3) is 3.33. The number of carbonyl (C=O) groups excluding carboxylic acids is 1. The molecular weight excluding hydrogens is 364 g/mol. The van der Waals surface area contributed by atoms with E-state index in [9.17, 15) is 19.8 Å². The molecule has 3 aliphatic heterocycles. The highest BCUT2D eigenvalue weighted by Gasteiger charge is 2.57. The van der Waals surface area contributed by atoms with Gasteiger partial charge in [0.2, 0.25) is 0 Å². The highest BCUT2D eigenvalue weighted by atomic mass is 16.7. The second kappa shape index (κ2) is 7.85. The van der Waals surface area contributed by atoms with Gasteiger partial charge in [0.15, 0.2) is 5.76 Å². The van der Waals surface area contributed by atoms with E-state index < -0.39 is 35.5 Å². The number of carboxylic acid groups (broad SMARTS) is 1. The Bertz CT molecular complexity index is 701. The van der Waals surface area contributed by atoms with Crippen LogP contribution in [-0.2, 0) is 19.2 Å². The molecule has 8 nitrogen and oxygen atoms in total. The van der Waals surface area contributed by atoms with E-state index in [2.05, 4.69) is 13.5 Å². The summed E-state index contributed by atoms with van der Waals surface area (Å²) in [6.45, 7) is 8.48. The maximum atomic E-state index is 13.0. The minimum absolute atomic E-state index is 0.279. The van der Waals surface area contributed by atoms with Gasteiger partial charge in [-0.15, -0.1) is 0 Å². The molecule has 0 saturated carbocycles. The van der Waals surface area contributed by atoms with Crippen LogP contribution in [0.1, 0.15) is 46.0 Å². The molecule has 3 heterocycles. The number of carbonyl (C=O) groups is 2. The number of aliphatic hydroxyl groups is 1. The maximum Gasteiger partial charge on any atom is 0.307 e. The first-order valence-corrected chi connectivity index (χ1v) is 9.91. The minimum atomic E-state index is -1.35. The molecule has 0 spiro atoms. The molecule has 3 aliphatic rings. The number of carboxylic acids is 1. The molecule has 1 fully saturated rings. The SMILES string of the molecule is C=C1C2=C(C(=O)N1OC)[C@@H](N1CC[C@@H](C(=O)O)C1)[C@@](C)(O)[C@H](CCCCC)O2. The number of ether oxygens (including phenoxy) is 1. The van der Waals surface area contributed by atoms with Crippen LogP contribution < -0.4 is 0 Å². The van der Waals surface area contributed by atoms with Gasteiger partial charge < -0.3 is 14.9 Å². The zero-order valence-corrected chi connectivity index (χ0v) is 16.8. The number of likely N-dealkylation sites (tertiary alicyclic amines) is 1. The quantitative estimate of drug-likeness (QED) is 0.634. The molecule has 1 amide bonds. The van der Waals surface area contributed by atoms with Crippen molar-refractivity contribution in [3.8, 4) is 0 Å². The summed E-state index contributed by atoms with van der Waals surface area (Å²) in [7, 11) is 1.38. The molecule has 4 atom stereocenters. The first-order valence-electron chi connectivity index (χ1n) is 9.91. The molecule has 156 valence electrons. The zero-order valence-electron chi connectivity index (χ0n) is 16.8. The van der Waals surface area contributed by atoms with E-state index in [-0.39, 0.29) is 6.54 Å². The Morgan fingerprint density at radius 1 is 1.43 bits per heavy atom. The average Bonchev–Trinajstić information content (AvgIpc) is 3.20. The second-order valence-electron chi connectivity index (χ2n) is 8.02. The lowest BCUT2D eigenvalue weighted by Gasteiger charge is -2.47. The van der Waals surface area contributed by atoms with Gasteiger partial charge in [0.05, 0.1) is 24.6 Å². The van der Waals surface area contributed by atoms with Gasteiger partial charge in [-0.3, -0.25) is 19.3 Å². The van der Waals surface area contributed by atoms with E-state index in [0.29, 0.717) is 36.4 Å². The lowest BCUT2D eigenvalue weighted by molar-refractivity contribution is -0.159. The predicted molar refractivity (Wildman–Crippen MR) is 101 cm³/mol. The molecule has 3 rings (SSSR count). The van der Waals surface area contributed by atoms with Crippen LogP contribution in [0.25, 0.3) is 0 Å². The Kier molecular flexibility index (Phi) is 5.84. The summed E-state index contributed by atoms with van der Waals surface area (Å²) < 4.78 is 6.10. The second-order valence-corrected chi connectivity index (χ2v) is 8.02. The molecule has 0 aromatic rings. The van der Waals surface area contributed by atoms with Gasteiger partial charge in [0, 0.05) is 6.54 Å². The van der Waals surface area contributed by atoms with Crippen molar-refractivity contribution in [3.05, 3.63) is 23.6 Å². The smallest absolute Gasteiger partial charge is 0.307 e. The van der Waals surface area contributed by atoms with Crippen molar-refractivity contribution in [1.82, 2.24) is 9.96 Å². The van der Waals surface area contributed by atoms with Crippen molar-refractivity contribution in [2.24, 2.45) is 5.92 Å². The van der Waals surface area contributed by atoms with Crippen LogP contribution in [0.15, 0.2) is 23.6 Å². The van der Waals surface area contributed by atoms with Crippen molar-refractivity contribution < 1.29 is 29.4 Å². The van der Waals surface area contributed by atoms with Crippen LogP contribution >= 0.6 is 0 Å². The molecule has 8 heteroatoms. The van der Waals surface area contributed by atoms with E-state index >= 15 is 0 Å². The van der Waals surface area contributed by atoms with E-state index in [1.165, 1.54) is 7.11 Å². The minimum Gasteiger partial charge on any atom is -0.485 e. The normalized spacial score (nSPS) is 33.4. The Morgan fingerprint density at radius 2 is 2.14 bits per heavy atom. The number of nitrogens with zero attached hydrogens (tertiary/aromatic N) is 2. The van der Waals surface area contributed by atoms with Crippen molar-refractivity contribution >= 4 is 11.9 Å². The third-order valence-electron chi connectivity index (χ3n) is 6.09. The standard InChI is InChI=1S/C20H30N2O6/c1-5-6-7-8-14-20(3,26)17(21-10-9-13(11-21)19(24)25)15-16(28-14)12(2)22(27-4)18(15)23/h13-14,17,26H,2,5-11H2,1,3-4H3,(H,24,25)/t13-,14+,17-,20+/m1/s1. The van der Waals surface area contributed by atoms with Gasteiger partial charge >= 0.3 is 5.97 Å². The number of rotatable bonds is 7. The molecule has 0 radical (unpaired) electrons. The Labute approximate surface area is 165 Å². The van der Waals surface area contributed by atoms with E-state index in [0.717, 1.165) is 24.3 Å². The summed E-state index contributed by atoms with van der Waals surface area (Å²) in [5.74, 6) is -1.44. The molecule has 0 aliphatic carbocycles. The largest absolute Gasteiger partial charge is 0.485 e. The van der Waals surface area contributed by atoms with Crippen LogP contribution in [-0.4, -0.2) is 70.0 Å². The van der Waals surface area contributed by atoms with Crippen molar-refractivity contribution in [2.45, 2.75) is 63.7 Å². The fourth-order valence-electron chi connectivity index (χ4n) is 4.58. The molecule has 0 aromatic carbocycles. The maximum absolute atomic E-state index is 13.0. The highest BCUT2D eigenvalue weighted by molar-refractivity contribution is 6.00. The van der Waals surface area contributed by atoms with Gasteiger partial charge in [-0.05, 0) is 32.7 Å². The fraction of sp³-hybridized carbons (Fsp3) is 0.700. The molecule has 0 aromatic heterocycles. The lowest BCUT2D eigenvalue weighted by atomic mass is 9.79. The number of hydroxylamine groups is 2. The van der Waals surface area contributed by atoms with E-state index in [1.807, 2.05) is 4.90 Å². The first-order chi connectivity index (χ1) is 13.2. The summed E-state index contributed by atoms with van der Waals surface area (Å²) in [6, 6.07) is -0.670. The van der Waals surface area contributed by atoms with Crippen molar-refractivity contribution in [2.75, 3.05) is 20.2 Å². The first kappa shape index (κ1) is 20.8. The van der Waals surface area contributed by atoms with Crippen LogP contribution in [0.3, 0.4) is 0 Å². The summed E-state index contributed by atoms with van der Waals surface area (Å²) in [4.78, 5) is 31.5. The number of unbranched alkanes of at least 4 members (excludes halogenated alkanes) is 2. The predicted octanol–water partition coefficient (Wildman–Crippen LogP) is 1.66. The number of hydrogen-bond acceptors (Lipinski definition) is 6. The van der Waals surface area contributed by atoms with Gasteiger partial charge in [-0.25, -0.2) is 0 Å². The molecule has 28 heavy (non-hydrogen) atoms. The molecule has 1 saturated heterocycles. The Morgan fingerprint density at radius 3 is 2.71 bits per heavy atom. The zero-order chi connectivity index (χ0) is 20.6. The molecule has 0 unspecified atom stereocenters. The van der Waals surface area contributed by atoms with Gasteiger partial charge in [0.25, 0.3) is 5.91 Å². The van der Waals surface area contributed by atoms with Gasteiger partial charge in [-0.2, -0.15) is 5.06 Å². The third-order valence-corrected chi connectivity index (χ3v) is 6.09. The summed E-state index contributed by atoms with van der Waals surface area (Å²) in [6.07, 6.45) is 3.54. The van der Waals surface area contributed by atoms with E-state index in [4.69, 9.17) is 9.57 Å². The number of aliphatic carboxylic acids is 1. The van der Waals surface area contributed by atoms with Crippen LogP contribution in [0.4, 0.5) is 0 Å². The van der Waals surface area contributed by atoms with Gasteiger partial charge in [-0.1, -0.05) is 26.3 Å². The summed E-state index contributed by atoms with van der Waals surface area (Å²) >= 11 is 0. The number of hydrogen-bond donors (Lipinski definition) is 2. The summed E-state index contributed by atoms with van der Waals surface area (Å²) in [5, 5.41) is 22.0. The molecule has 2 N–H and O–H groups in total. The van der Waals surface area contributed by atoms with Crippen LogP contribution in [0.2, 0.25) is 0 Å². The van der Waals surface area contributed by atoms with Crippen LogP contribution in [0.5, 0.6) is 0 Å². The Balaban J connectivity index is 1.98. The van der Waals surface area contributed by atoms with Crippen molar-refractivity contribution in [3.63, 3.8) is 0 Å². The van der Waals surface area contributed by atoms with Crippen LogP contribution in [0, 0.1) is 5.92 Å².